The van der Waals surface area contributed by atoms with E-state index in [0.717, 1.165) is 15.9 Å². The predicted octanol–water partition coefficient (Wildman–Crippen LogP) is 2.69. The summed E-state index contributed by atoms with van der Waals surface area (Å²) in [5, 5.41) is 0. The third kappa shape index (κ3) is 1.58. The number of pyridine rings is 1. The number of halogens is 1. The number of rotatable bonds is 1. The highest BCUT2D eigenvalue weighted by atomic mass is 79.9. The molecule has 2 N–H and O–H groups in total. The van der Waals surface area contributed by atoms with Crippen LogP contribution in [0, 0.1) is 0 Å². The number of furan rings is 1. The summed E-state index contributed by atoms with van der Waals surface area (Å²) in [5.74, 6) is 0.751. The molecular formula is C9H7BrN2O. The van der Waals surface area contributed by atoms with Crippen LogP contribution in [0.4, 0.5) is 5.69 Å². The van der Waals surface area contributed by atoms with Crippen molar-refractivity contribution < 1.29 is 4.42 Å². The first-order valence-electron chi connectivity index (χ1n) is 3.72. The molecule has 0 saturated carbocycles. The molecule has 13 heavy (non-hydrogen) atoms. The fourth-order valence-corrected chi connectivity index (χ4v) is 1.42. The number of aromatic nitrogens is 1. The molecule has 0 spiro atoms. The van der Waals surface area contributed by atoms with Crippen LogP contribution < -0.4 is 5.73 Å². The second-order valence-electron chi connectivity index (χ2n) is 2.57. The summed E-state index contributed by atoms with van der Waals surface area (Å²) in [6.45, 7) is 0. The first-order chi connectivity index (χ1) is 6.27. The summed E-state index contributed by atoms with van der Waals surface area (Å²) in [6.07, 6.45) is 3.21. The van der Waals surface area contributed by atoms with Crippen LogP contribution in [0.25, 0.3) is 11.3 Å². The summed E-state index contributed by atoms with van der Waals surface area (Å²) in [4.78, 5) is 4.00. The van der Waals surface area contributed by atoms with E-state index < -0.39 is 0 Å². The normalized spacial score (nSPS) is 10.2. The molecule has 0 fully saturated rings. The van der Waals surface area contributed by atoms with Gasteiger partial charge in [0.2, 0.25) is 0 Å². The molecule has 0 saturated heterocycles. The zero-order valence-electron chi connectivity index (χ0n) is 6.70. The van der Waals surface area contributed by atoms with Crippen molar-refractivity contribution in [1.29, 1.82) is 0 Å². The maximum Gasteiger partial charge on any atom is 0.136 e. The van der Waals surface area contributed by atoms with Crippen molar-refractivity contribution >= 4 is 21.6 Å². The first kappa shape index (κ1) is 8.31. The molecule has 2 rings (SSSR count). The number of nitrogen functional groups attached to an aromatic ring is 1. The summed E-state index contributed by atoms with van der Waals surface area (Å²) in [6, 6.07) is 5.51. The minimum Gasteiger partial charge on any atom is -0.464 e. The smallest absolute Gasteiger partial charge is 0.136 e. The number of hydrogen-bond acceptors (Lipinski definition) is 3. The van der Waals surface area contributed by atoms with Gasteiger partial charge in [0.15, 0.2) is 0 Å². The topological polar surface area (TPSA) is 52.0 Å². The van der Waals surface area contributed by atoms with Crippen molar-refractivity contribution in [3.63, 3.8) is 0 Å². The molecule has 0 aliphatic rings. The van der Waals surface area contributed by atoms with E-state index in [9.17, 15) is 0 Å². The number of nitrogens with two attached hydrogens (primary N) is 1. The molecule has 0 amide bonds. The van der Waals surface area contributed by atoms with Gasteiger partial charge in [-0.25, -0.2) is 4.98 Å². The Balaban J connectivity index is 2.57. The molecule has 0 bridgehead atoms. The second-order valence-corrected chi connectivity index (χ2v) is 3.38. The van der Waals surface area contributed by atoms with Gasteiger partial charge in [-0.05, 0) is 34.1 Å². The Labute approximate surface area is 83.7 Å². The SMILES string of the molecule is Nc1cnc(Br)cc1-c1ccco1. The zero-order valence-corrected chi connectivity index (χ0v) is 8.28. The van der Waals surface area contributed by atoms with E-state index in [1.54, 1.807) is 12.5 Å². The summed E-state index contributed by atoms with van der Waals surface area (Å²) < 4.78 is 5.97. The molecule has 2 aromatic heterocycles. The van der Waals surface area contributed by atoms with Crippen LogP contribution in [0.3, 0.4) is 0 Å². The first-order valence-corrected chi connectivity index (χ1v) is 4.51. The van der Waals surface area contributed by atoms with Crippen molar-refractivity contribution in [1.82, 2.24) is 4.98 Å². The van der Waals surface area contributed by atoms with Gasteiger partial charge in [0.05, 0.1) is 18.1 Å². The Bertz CT molecular complexity index is 412. The molecule has 2 aromatic rings. The van der Waals surface area contributed by atoms with Gasteiger partial charge in [-0.2, -0.15) is 0 Å². The highest BCUT2D eigenvalue weighted by Crippen LogP contribution is 2.27. The maximum atomic E-state index is 5.74. The Kier molecular flexibility index (Phi) is 2.06. The Morgan fingerprint density at radius 1 is 1.46 bits per heavy atom. The number of anilines is 1. The van der Waals surface area contributed by atoms with Crippen LogP contribution in [-0.2, 0) is 0 Å². The van der Waals surface area contributed by atoms with Gasteiger partial charge in [0.1, 0.15) is 10.4 Å². The van der Waals surface area contributed by atoms with E-state index in [1.807, 2.05) is 18.2 Å². The third-order valence-corrected chi connectivity index (χ3v) is 2.12. The molecule has 2 heterocycles. The van der Waals surface area contributed by atoms with Gasteiger partial charge in [0.25, 0.3) is 0 Å². The van der Waals surface area contributed by atoms with Crippen LogP contribution in [0.1, 0.15) is 0 Å². The summed E-state index contributed by atoms with van der Waals surface area (Å²) >= 11 is 3.27. The third-order valence-electron chi connectivity index (χ3n) is 1.69. The lowest BCUT2D eigenvalue weighted by molar-refractivity contribution is 0.582. The van der Waals surface area contributed by atoms with Crippen molar-refractivity contribution in [2.75, 3.05) is 5.73 Å². The molecule has 0 atom stereocenters. The van der Waals surface area contributed by atoms with Gasteiger partial charge < -0.3 is 10.2 Å². The monoisotopic (exact) mass is 238 g/mol. The molecule has 0 aliphatic carbocycles. The minimum atomic E-state index is 0.609. The highest BCUT2D eigenvalue weighted by molar-refractivity contribution is 9.10. The van der Waals surface area contributed by atoms with Gasteiger partial charge in [-0.15, -0.1) is 0 Å². The van der Waals surface area contributed by atoms with Crippen molar-refractivity contribution in [3.05, 3.63) is 35.3 Å². The van der Waals surface area contributed by atoms with E-state index in [2.05, 4.69) is 20.9 Å². The number of hydrogen-bond donors (Lipinski definition) is 1. The fourth-order valence-electron chi connectivity index (χ4n) is 1.09. The molecule has 3 nitrogen and oxygen atoms in total. The van der Waals surface area contributed by atoms with E-state index in [4.69, 9.17) is 10.2 Å². The van der Waals surface area contributed by atoms with Gasteiger partial charge in [0, 0.05) is 5.56 Å². The van der Waals surface area contributed by atoms with E-state index in [0.29, 0.717) is 5.69 Å². The minimum absolute atomic E-state index is 0.609. The zero-order chi connectivity index (χ0) is 9.26. The molecule has 0 aromatic carbocycles. The maximum absolute atomic E-state index is 5.74. The van der Waals surface area contributed by atoms with Crippen LogP contribution in [0.2, 0.25) is 0 Å². The quantitative estimate of drug-likeness (QED) is 0.778. The van der Waals surface area contributed by atoms with Crippen LogP contribution in [0.15, 0.2) is 39.7 Å². The number of nitrogens with zero attached hydrogens (tertiary/aromatic N) is 1. The van der Waals surface area contributed by atoms with Crippen molar-refractivity contribution in [2.45, 2.75) is 0 Å². The van der Waals surface area contributed by atoms with Crippen molar-refractivity contribution in [3.8, 4) is 11.3 Å². The molecule has 0 radical (unpaired) electrons. The summed E-state index contributed by atoms with van der Waals surface area (Å²) in [7, 11) is 0. The second kappa shape index (κ2) is 3.22. The summed E-state index contributed by atoms with van der Waals surface area (Å²) in [5.41, 5.74) is 7.20. The van der Waals surface area contributed by atoms with E-state index in [1.165, 1.54) is 0 Å². The Hall–Kier alpha value is -1.29. The van der Waals surface area contributed by atoms with Crippen molar-refractivity contribution in [2.24, 2.45) is 0 Å². The van der Waals surface area contributed by atoms with Gasteiger partial charge in [-0.1, -0.05) is 0 Å². The van der Waals surface area contributed by atoms with Crippen LogP contribution in [0.5, 0.6) is 0 Å². The average Bonchev–Trinajstić information content (AvgIpc) is 2.61. The molecular weight excluding hydrogens is 232 g/mol. The molecule has 4 heteroatoms. The highest BCUT2D eigenvalue weighted by Gasteiger charge is 2.05. The molecule has 66 valence electrons. The average molecular weight is 239 g/mol. The Morgan fingerprint density at radius 3 is 3.00 bits per heavy atom. The van der Waals surface area contributed by atoms with Gasteiger partial charge >= 0.3 is 0 Å². The molecule has 0 unspecified atom stereocenters. The molecule has 0 aliphatic heterocycles. The van der Waals surface area contributed by atoms with E-state index in [-0.39, 0.29) is 0 Å². The Morgan fingerprint density at radius 2 is 2.31 bits per heavy atom. The lowest BCUT2D eigenvalue weighted by Gasteiger charge is -2.01. The van der Waals surface area contributed by atoms with Crippen LogP contribution in [-0.4, -0.2) is 4.98 Å². The van der Waals surface area contributed by atoms with Crippen LogP contribution >= 0.6 is 15.9 Å². The lowest BCUT2D eigenvalue weighted by Crippen LogP contribution is -1.90. The standard InChI is InChI=1S/C9H7BrN2O/c10-9-4-6(7(11)5-12-9)8-2-1-3-13-8/h1-5H,11H2. The van der Waals surface area contributed by atoms with Gasteiger partial charge in [-0.3, -0.25) is 0 Å². The largest absolute Gasteiger partial charge is 0.464 e. The fraction of sp³-hybridized carbons (Fsp3) is 0. The predicted molar refractivity (Wildman–Crippen MR) is 54.1 cm³/mol. The van der Waals surface area contributed by atoms with E-state index >= 15 is 0 Å². The lowest BCUT2D eigenvalue weighted by atomic mass is 10.2.